The molecule has 0 bridgehead atoms. The Morgan fingerprint density at radius 1 is 1.14 bits per heavy atom. The van der Waals surface area contributed by atoms with Gasteiger partial charge in [-0.3, -0.25) is 4.79 Å². The number of alkyl halides is 6. The van der Waals surface area contributed by atoms with E-state index >= 15 is 0 Å². The minimum absolute atomic E-state index is 0.0155. The topological polar surface area (TPSA) is 58.6 Å². The fraction of sp³-hybridized carbons (Fsp3) is 0.632. The van der Waals surface area contributed by atoms with Crippen molar-refractivity contribution < 1.29 is 41.0 Å². The van der Waals surface area contributed by atoms with Gasteiger partial charge in [0.05, 0.1) is 23.8 Å². The Labute approximate surface area is 164 Å². The minimum atomic E-state index is -4.93. The number of rotatable bonds is 5. The average molecular weight is 427 g/mol. The first-order chi connectivity index (χ1) is 13.1. The van der Waals surface area contributed by atoms with E-state index in [1.54, 1.807) is 6.92 Å². The van der Waals surface area contributed by atoms with Crippen molar-refractivity contribution in [1.29, 1.82) is 0 Å². The quantitative estimate of drug-likeness (QED) is 0.690. The summed E-state index contributed by atoms with van der Waals surface area (Å²) < 4.78 is 83.6. The van der Waals surface area contributed by atoms with Gasteiger partial charge in [0.1, 0.15) is 5.60 Å². The molecule has 164 valence electrons. The number of carbonyl (C=O) groups is 1. The number of ketones is 1. The van der Waals surface area contributed by atoms with Gasteiger partial charge in [-0.2, -0.15) is 26.3 Å². The van der Waals surface area contributed by atoms with Crippen LogP contribution in [0.15, 0.2) is 18.2 Å². The van der Waals surface area contributed by atoms with Crippen LogP contribution >= 0.6 is 0 Å². The van der Waals surface area contributed by atoms with Crippen molar-refractivity contribution in [3.63, 3.8) is 0 Å². The lowest BCUT2D eigenvalue weighted by Crippen LogP contribution is -2.60. The molecule has 1 heterocycles. The molecule has 0 aliphatic carbocycles. The van der Waals surface area contributed by atoms with Crippen LogP contribution < -0.4 is 5.32 Å². The maximum Gasteiger partial charge on any atom is 0.416 e. The third-order valence-corrected chi connectivity index (χ3v) is 5.28. The van der Waals surface area contributed by atoms with Gasteiger partial charge in [0, 0.05) is 12.1 Å². The summed E-state index contributed by atoms with van der Waals surface area (Å²) in [5.74, 6) is -0.384. The minimum Gasteiger partial charge on any atom is -0.381 e. The molecule has 0 spiro atoms. The number of piperidine rings is 1. The lowest BCUT2D eigenvalue weighted by atomic mass is 9.81. The van der Waals surface area contributed by atoms with Crippen LogP contribution in [0.2, 0.25) is 0 Å². The summed E-state index contributed by atoms with van der Waals surface area (Å²) in [6.07, 6.45) is -10.4. The molecule has 1 fully saturated rings. The molecule has 0 radical (unpaired) electrons. The molecule has 29 heavy (non-hydrogen) atoms. The van der Waals surface area contributed by atoms with E-state index in [-0.39, 0.29) is 37.0 Å². The Morgan fingerprint density at radius 2 is 1.66 bits per heavy atom. The molecule has 1 saturated heterocycles. The zero-order chi connectivity index (χ0) is 22.3. The van der Waals surface area contributed by atoms with Gasteiger partial charge in [-0.1, -0.05) is 0 Å². The van der Waals surface area contributed by atoms with Crippen LogP contribution in [-0.4, -0.2) is 35.2 Å². The third kappa shape index (κ3) is 5.70. The molecule has 1 aliphatic heterocycles. The van der Waals surface area contributed by atoms with Gasteiger partial charge in [-0.15, -0.1) is 0 Å². The van der Waals surface area contributed by atoms with Crippen LogP contribution in [0.4, 0.5) is 26.3 Å². The van der Waals surface area contributed by atoms with Crippen molar-refractivity contribution in [2.75, 3.05) is 13.2 Å². The standard InChI is InChI=1S/C19H23F6NO3/c1-11(29-10-16(3)4-5-17(28,9-26-16)12(2)27)13-6-14(18(20,21)22)8-15(7-13)19(23,24)25/h6-8,11,26,28H,4-5,9-10H2,1-3H3. The van der Waals surface area contributed by atoms with Crippen LogP contribution in [0.25, 0.3) is 0 Å². The monoisotopic (exact) mass is 427 g/mol. The van der Waals surface area contributed by atoms with Gasteiger partial charge in [-0.05, 0) is 57.4 Å². The van der Waals surface area contributed by atoms with E-state index in [2.05, 4.69) is 5.32 Å². The highest BCUT2D eigenvalue weighted by Gasteiger charge is 2.42. The molecule has 0 amide bonds. The zero-order valence-corrected chi connectivity index (χ0v) is 16.2. The second-order valence-corrected chi connectivity index (χ2v) is 7.79. The number of Topliss-reactive ketones (excluding diaryl/α,β-unsaturated/α-hetero) is 1. The summed E-state index contributed by atoms with van der Waals surface area (Å²) in [6, 6.07) is 1.36. The van der Waals surface area contributed by atoms with Gasteiger partial charge in [0.25, 0.3) is 0 Å². The number of nitrogens with one attached hydrogen (secondary N) is 1. The average Bonchev–Trinajstić information content (AvgIpc) is 2.60. The zero-order valence-electron chi connectivity index (χ0n) is 16.2. The maximum atomic E-state index is 13.0. The van der Waals surface area contributed by atoms with Crippen molar-refractivity contribution in [1.82, 2.24) is 5.32 Å². The first kappa shape index (κ1) is 23.6. The predicted octanol–water partition coefficient (Wildman–Crippen LogP) is 4.26. The van der Waals surface area contributed by atoms with Gasteiger partial charge in [0.2, 0.25) is 0 Å². The lowest BCUT2D eigenvalue weighted by molar-refractivity contribution is -0.143. The Kier molecular flexibility index (Phi) is 6.42. The highest BCUT2D eigenvalue weighted by Crippen LogP contribution is 2.38. The summed E-state index contributed by atoms with van der Waals surface area (Å²) in [5.41, 5.74) is -5.22. The maximum absolute atomic E-state index is 13.0. The van der Waals surface area contributed by atoms with Crippen molar-refractivity contribution >= 4 is 5.78 Å². The Morgan fingerprint density at radius 3 is 2.03 bits per heavy atom. The number of halogens is 6. The van der Waals surface area contributed by atoms with Gasteiger partial charge >= 0.3 is 12.4 Å². The highest BCUT2D eigenvalue weighted by molar-refractivity contribution is 5.85. The SMILES string of the molecule is CC(=O)C1(O)CCC(C)(COC(C)c2cc(C(F)(F)F)cc(C(F)(F)F)c2)NC1. The second-order valence-electron chi connectivity index (χ2n) is 7.79. The molecule has 1 aliphatic rings. The van der Waals surface area contributed by atoms with Crippen LogP contribution in [0.1, 0.15) is 56.4 Å². The lowest BCUT2D eigenvalue weighted by Gasteiger charge is -2.42. The number of hydrogen-bond acceptors (Lipinski definition) is 4. The molecule has 2 rings (SSSR count). The van der Waals surface area contributed by atoms with E-state index in [0.717, 1.165) is 0 Å². The normalized spacial score (nSPS) is 27.0. The van der Waals surface area contributed by atoms with E-state index in [1.807, 2.05) is 0 Å². The molecule has 3 unspecified atom stereocenters. The van der Waals surface area contributed by atoms with E-state index in [1.165, 1.54) is 13.8 Å². The molecular weight excluding hydrogens is 404 g/mol. The van der Waals surface area contributed by atoms with Gasteiger partial charge in [0.15, 0.2) is 5.78 Å². The number of hydrogen-bond donors (Lipinski definition) is 2. The van der Waals surface area contributed by atoms with Crippen molar-refractivity contribution in [2.24, 2.45) is 0 Å². The first-order valence-corrected chi connectivity index (χ1v) is 8.95. The largest absolute Gasteiger partial charge is 0.416 e. The summed E-state index contributed by atoms with van der Waals surface area (Å²) in [6.45, 7) is 4.34. The highest BCUT2D eigenvalue weighted by atomic mass is 19.4. The number of benzene rings is 1. The van der Waals surface area contributed by atoms with Crippen LogP contribution in [-0.2, 0) is 21.9 Å². The second kappa shape index (κ2) is 7.88. The third-order valence-electron chi connectivity index (χ3n) is 5.28. The number of ether oxygens (including phenoxy) is 1. The Bertz CT molecular complexity index is 719. The molecule has 1 aromatic carbocycles. The summed E-state index contributed by atoms with van der Waals surface area (Å²) in [7, 11) is 0. The summed E-state index contributed by atoms with van der Waals surface area (Å²) in [4.78, 5) is 11.5. The number of aliphatic hydroxyl groups is 1. The van der Waals surface area contributed by atoms with Crippen molar-refractivity contribution in [3.8, 4) is 0 Å². The number of β-amino-alcohol motifs (C(OH)–C–C–N with tert-alkyl or cyclic N) is 1. The van der Waals surface area contributed by atoms with Gasteiger partial charge in [-0.25, -0.2) is 0 Å². The molecule has 4 nitrogen and oxygen atoms in total. The summed E-state index contributed by atoms with van der Waals surface area (Å²) in [5, 5.41) is 13.2. The van der Waals surface area contributed by atoms with Crippen LogP contribution in [0, 0.1) is 0 Å². The first-order valence-electron chi connectivity index (χ1n) is 8.95. The molecule has 0 aromatic heterocycles. The predicted molar refractivity (Wildman–Crippen MR) is 92.1 cm³/mol. The fourth-order valence-corrected chi connectivity index (χ4v) is 3.06. The van der Waals surface area contributed by atoms with E-state index in [0.29, 0.717) is 18.6 Å². The molecule has 3 atom stereocenters. The smallest absolute Gasteiger partial charge is 0.381 e. The van der Waals surface area contributed by atoms with E-state index in [9.17, 15) is 36.2 Å². The van der Waals surface area contributed by atoms with Crippen molar-refractivity contribution in [3.05, 3.63) is 34.9 Å². The fourth-order valence-electron chi connectivity index (χ4n) is 3.06. The Hall–Kier alpha value is -1.65. The van der Waals surface area contributed by atoms with Gasteiger partial charge < -0.3 is 15.2 Å². The molecule has 0 saturated carbocycles. The molecular formula is C19H23F6NO3. The number of carbonyl (C=O) groups excluding carboxylic acids is 1. The van der Waals surface area contributed by atoms with Crippen LogP contribution in [0.5, 0.6) is 0 Å². The van der Waals surface area contributed by atoms with E-state index in [4.69, 9.17) is 4.74 Å². The Balaban J connectivity index is 2.15. The molecule has 2 N–H and O–H groups in total. The molecule has 1 aromatic rings. The molecule has 10 heteroatoms. The van der Waals surface area contributed by atoms with E-state index < -0.39 is 40.7 Å². The van der Waals surface area contributed by atoms with Crippen LogP contribution in [0.3, 0.4) is 0 Å². The van der Waals surface area contributed by atoms with Crippen molar-refractivity contribution in [2.45, 2.75) is 63.2 Å². The summed E-state index contributed by atoms with van der Waals surface area (Å²) >= 11 is 0.